The topological polar surface area (TPSA) is 102 Å². The zero-order valence-corrected chi connectivity index (χ0v) is 22.9. The van der Waals surface area contributed by atoms with Crippen LogP contribution in [0, 0.1) is 0 Å². The van der Waals surface area contributed by atoms with Crippen LogP contribution in [0.5, 0.6) is 0 Å². The van der Waals surface area contributed by atoms with Crippen molar-refractivity contribution in [3.05, 3.63) is 91.1 Å². The predicted molar refractivity (Wildman–Crippen MR) is 147 cm³/mol. The molecule has 1 aliphatic carbocycles. The van der Waals surface area contributed by atoms with Gasteiger partial charge in [-0.1, -0.05) is 60.3 Å². The van der Waals surface area contributed by atoms with Crippen LogP contribution in [0.15, 0.2) is 54.6 Å². The zero-order valence-electron chi connectivity index (χ0n) is 20.6. The second kappa shape index (κ2) is 12.0. The summed E-state index contributed by atoms with van der Waals surface area (Å²) in [5, 5.41) is 32.7. The predicted octanol–water partition coefficient (Wildman–Crippen LogP) is 5.17. The number of benzene rings is 2. The van der Waals surface area contributed by atoms with E-state index in [1.54, 1.807) is 35.2 Å². The number of aliphatic hydroxyl groups excluding tert-OH is 3. The molecule has 1 aliphatic heterocycles. The molecule has 202 valence electrons. The lowest BCUT2D eigenvalue weighted by Crippen LogP contribution is -2.56. The lowest BCUT2D eigenvalue weighted by atomic mass is 9.76. The van der Waals surface area contributed by atoms with Gasteiger partial charge in [-0.15, -0.1) is 11.3 Å². The normalized spacial score (nSPS) is 24.3. The third kappa shape index (κ3) is 5.50. The van der Waals surface area contributed by atoms with Crippen molar-refractivity contribution in [2.75, 3.05) is 0 Å². The molecule has 1 unspecified atom stereocenters. The first kappa shape index (κ1) is 27.6. The Morgan fingerprint density at radius 1 is 1.05 bits per heavy atom. The third-order valence-corrected chi connectivity index (χ3v) is 8.99. The summed E-state index contributed by atoms with van der Waals surface area (Å²) in [6.45, 7) is 0.145. The molecule has 5 rings (SSSR count). The number of halogens is 2. The second-order valence-electron chi connectivity index (χ2n) is 9.73. The lowest BCUT2D eigenvalue weighted by molar-refractivity contribution is -0.0925. The first-order valence-corrected chi connectivity index (χ1v) is 14.2. The summed E-state index contributed by atoms with van der Waals surface area (Å²) in [7, 11) is 0. The molecule has 5 atom stereocenters. The molecule has 3 aromatic rings. The quantitative estimate of drug-likeness (QED) is 0.218. The molecule has 0 saturated heterocycles. The minimum absolute atomic E-state index is 0.0417. The fraction of sp³-hybridized carbons (Fsp3) is 0.393. The van der Waals surface area contributed by atoms with Gasteiger partial charge in [-0.05, 0) is 54.3 Å². The molecule has 1 saturated carbocycles. The van der Waals surface area contributed by atoms with Gasteiger partial charge in [-0.2, -0.15) is 5.48 Å². The average molecular weight is 578 g/mol. The van der Waals surface area contributed by atoms with Crippen LogP contribution in [0.25, 0.3) is 0 Å². The Morgan fingerprint density at radius 2 is 1.82 bits per heavy atom. The van der Waals surface area contributed by atoms with Crippen LogP contribution in [-0.2, 0) is 18.1 Å². The van der Waals surface area contributed by atoms with Gasteiger partial charge in [0.1, 0.15) is 12.8 Å². The van der Waals surface area contributed by atoms with E-state index < -0.39 is 30.3 Å². The summed E-state index contributed by atoms with van der Waals surface area (Å²) in [5.41, 5.74) is 4.55. The number of nitrogens with one attached hydrogen (secondary N) is 1. The van der Waals surface area contributed by atoms with E-state index in [2.05, 4.69) is 5.48 Å². The molecule has 10 heteroatoms. The Balaban J connectivity index is 1.54. The van der Waals surface area contributed by atoms with E-state index in [0.29, 0.717) is 39.6 Å². The van der Waals surface area contributed by atoms with Gasteiger partial charge < -0.3 is 20.2 Å². The molecule has 2 heterocycles. The number of nitrogens with zero attached hydrogens (tertiary/aromatic N) is 1. The molecule has 2 aromatic carbocycles. The van der Waals surface area contributed by atoms with E-state index in [9.17, 15) is 20.1 Å². The Labute approximate surface area is 235 Å². The number of carbonyl (C=O) groups excluding carboxylic acids is 1. The lowest BCUT2D eigenvalue weighted by Gasteiger charge is -2.49. The number of hydrogen-bond donors (Lipinski definition) is 4. The fourth-order valence-corrected chi connectivity index (χ4v) is 6.96. The van der Waals surface area contributed by atoms with Gasteiger partial charge in [0.15, 0.2) is 0 Å². The maximum Gasteiger partial charge on any atom is 0.255 e. The first-order chi connectivity index (χ1) is 18.4. The Morgan fingerprint density at radius 3 is 2.55 bits per heavy atom. The highest BCUT2D eigenvalue weighted by atomic mass is 35.5. The van der Waals surface area contributed by atoms with Gasteiger partial charge in [-0.3, -0.25) is 9.63 Å². The number of aliphatic hydroxyl groups is 3. The number of carbonyl (C=O) groups is 1. The van der Waals surface area contributed by atoms with Gasteiger partial charge in [0.2, 0.25) is 0 Å². The van der Waals surface area contributed by atoms with E-state index >= 15 is 0 Å². The highest BCUT2D eigenvalue weighted by molar-refractivity contribution is 7.11. The second-order valence-corrected chi connectivity index (χ2v) is 11.8. The zero-order chi connectivity index (χ0) is 26.8. The van der Waals surface area contributed by atoms with Crippen LogP contribution in [0.1, 0.15) is 68.9 Å². The van der Waals surface area contributed by atoms with E-state index in [1.165, 1.54) is 11.3 Å². The van der Waals surface area contributed by atoms with Crippen LogP contribution < -0.4 is 5.48 Å². The molecular formula is C28H30Cl2N2O5S. The molecule has 0 radical (unpaired) electrons. The van der Waals surface area contributed by atoms with Crippen molar-refractivity contribution in [3.63, 3.8) is 0 Å². The van der Waals surface area contributed by atoms with Crippen molar-refractivity contribution in [2.45, 2.75) is 69.2 Å². The summed E-state index contributed by atoms with van der Waals surface area (Å²) < 4.78 is 0. The molecule has 1 aromatic heterocycles. The van der Waals surface area contributed by atoms with E-state index in [0.717, 1.165) is 22.6 Å². The van der Waals surface area contributed by atoms with Gasteiger partial charge in [-0.25, -0.2) is 0 Å². The molecule has 4 N–H and O–H groups in total. The van der Waals surface area contributed by atoms with Crippen molar-refractivity contribution in [1.29, 1.82) is 0 Å². The van der Waals surface area contributed by atoms with Gasteiger partial charge in [0, 0.05) is 25.4 Å². The highest BCUT2D eigenvalue weighted by Gasteiger charge is 2.48. The summed E-state index contributed by atoms with van der Waals surface area (Å²) >= 11 is 14.3. The van der Waals surface area contributed by atoms with Crippen molar-refractivity contribution in [2.24, 2.45) is 0 Å². The van der Waals surface area contributed by atoms with Crippen LogP contribution >= 0.6 is 34.5 Å². The van der Waals surface area contributed by atoms with Crippen molar-refractivity contribution in [1.82, 2.24) is 10.4 Å². The van der Waals surface area contributed by atoms with Gasteiger partial charge >= 0.3 is 0 Å². The largest absolute Gasteiger partial charge is 0.391 e. The van der Waals surface area contributed by atoms with Crippen LogP contribution in [-0.4, -0.2) is 44.5 Å². The van der Waals surface area contributed by atoms with Gasteiger partial charge in [0.25, 0.3) is 5.91 Å². The summed E-state index contributed by atoms with van der Waals surface area (Å²) in [5.74, 6) is -0.866. The van der Waals surface area contributed by atoms with Crippen LogP contribution in [0.4, 0.5) is 0 Å². The summed E-state index contributed by atoms with van der Waals surface area (Å²) in [6, 6.07) is 14.9. The number of hydroxylamine groups is 1. The molecule has 7 nitrogen and oxygen atoms in total. The molecule has 38 heavy (non-hydrogen) atoms. The first-order valence-electron chi connectivity index (χ1n) is 12.7. The maximum absolute atomic E-state index is 14.0. The van der Waals surface area contributed by atoms with Crippen molar-refractivity contribution < 1.29 is 25.0 Å². The maximum atomic E-state index is 14.0. The number of thiophene rings is 1. The summed E-state index contributed by atoms with van der Waals surface area (Å²) in [4.78, 5) is 23.1. The average Bonchev–Trinajstić information content (AvgIpc) is 3.37. The SMILES string of the molecule is O=C1c2ccccc2[C@@H](C(O)NOCc2ccc(CO)s2)[C@H](c2ccc(Cl)cc2Cl)N1[C@H]1CCCC[C@@H]1O. The molecule has 0 spiro atoms. The molecular weight excluding hydrogens is 547 g/mol. The van der Waals surface area contributed by atoms with Gasteiger partial charge in [0.05, 0.1) is 30.7 Å². The smallest absolute Gasteiger partial charge is 0.255 e. The number of hydrogen-bond acceptors (Lipinski definition) is 7. The van der Waals surface area contributed by atoms with Crippen LogP contribution in [0.3, 0.4) is 0 Å². The van der Waals surface area contributed by atoms with Crippen LogP contribution in [0.2, 0.25) is 10.0 Å². The third-order valence-electron chi connectivity index (χ3n) is 7.39. The van der Waals surface area contributed by atoms with E-state index in [1.807, 2.05) is 24.3 Å². The molecule has 2 aliphatic rings. The fourth-order valence-electron chi connectivity index (χ4n) is 5.65. The monoisotopic (exact) mass is 576 g/mol. The van der Waals surface area contributed by atoms with Crippen molar-refractivity contribution >= 4 is 40.4 Å². The molecule has 1 amide bonds. The minimum atomic E-state index is -1.22. The Bertz CT molecular complexity index is 1290. The molecule has 0 bridgehead atoms. The standard InChI is InChI=1S/C28H30Cl2N2O5S/c29-16-9-12-21(22(30)13-16)26-25(27(35)31-37-15-18-11-10-17(14-33)38-18)19-5-1-2-6-20(19)28(36)32(26)23-7-3-4-8-24(23)34/h1-2,5-6,9-13,23-27,31,33-35H,3-4,7-8,14-15H2/t23-,24-,25+,26-,27?/m0/s1. The Hall–Kier alpha value is -2.01. The Kier molecular flexibility index (Phi) is 8.72. The highest BCUT2D eigenvalue weighted by Crippen LogP contribution is 2.48. The number of fused-ring (bicyclic) bond motifs is 1. The molecule has 1 fully saturated rings. The number of amides is 1. The van der Waals surface area contributed by atoms with Crippen molar-refractivity contribution in [3.8, 4) is 0 Å². The summed E-state index contributed by atoms with van der Waals surface area (Å²) in [6.07, 6.45) is 1.12. The van der Waals surface area contributed by atoms with E-state index in [-0.39, 0.29) is 19.1 Å². The number of rotatable bonds is 8. The van der Waals surface area contributed by atoms with E-state index in [4.69, 9.17) is 28.0 Å². The minimum Gasteiger partial charge on any atom is -0.391 e.